The molecule has 2 heterocycles. The maximum absolute atomic E-state index is 12.2. The molecule has 6 heteroatoms. The summed E-state index contributed by atoms with van der Waals surface area (Å²) in [5.41, 5.74) is 0.918. The Labute approximate surface area is 118 Å². The van der Waals surface area contributed by atoms with Gasteiger partial charge in [-0.15, -0.1) is 0 Å². The van der Waals surface area contributed by atoms with Crippen molar-refractivity contribution in [2.75, 3.05) is 0 Å². The number of hydrogen-bond acceptors (Lipinski definition) is 5. The minimum absolute atomic E-state index is 0.00451. The summed E-state index contributed by atoms with van der Waals surface area (Å²) in [5, 5.41) is 4.02. The lowest BCUT2D eigenvalue weighted by molar-refractivity contribution is 0.343. The van der Waals surface area contributed by atoms with E-state index in [1.54, 1.807) is 4.57 Å². The van der Waals surface area contributed by atoms with E-state index in [1.165, 1.54) is 11.3 Å². The molecule has 1 fully saturated rings. The molecule has 20 heavy (non-hydrogen) atoms. The van der Waals surface area contributed by atoms with Gasteiger partial charge >= 0.3 is 4.87 Å². The second kappa shape index (κ2) is 4.28. The highest BCUT2D eigenvalue weighted by molar-refractivity contribution is 7.16. The normalized spacial score (nSPS) is 16.6. The van der Waals surface area contributed by atoms with Gasteiger partial charge in [-0.2, -0.15) is 4.98 Å². The summed E-state index contributed by atoms with van der Waals surface area (Å²) in [7, 11) is 0. The molecule has 1 aliphatic carbocycles. The Balaban J connectivity index is 1.80. The summed E-state index contributed by atoms with van der Waals surface area (Å²) in [6.07, 6.45) is 2.27. The van der Waals surface area contributed by atoms with Crippen molar-refractivity contribution in [1.82, 2.24) is 14.7 Å². The number of hydrogen-bond donors (Lipinski definition) is 0. The van der Waals surface area contributed by atoms with Crippen molar-refractivity contribution in [3.05, 3.63) is 45.6 Å². The van der Waals surface area contributed by atoms with Crippen LogP contribution in [0.5, 0.6) is 0 Å². The smallest absolute Gasteiger partial charge is 0.308 e. The molecule has 0 amide bonds. The first-order valence-corrected chi connectivity index (χ1v) is 7.49. The van der Waals surface area contributed by atoms with Crippen molar-refractivity contribution in [2.24, 2.45) is 0 Å². The Morgan fingerprint density at radius 1 is 1.40 bits per heavy atom. The van der Waals surface area contributed by atoms with Crippen LogP contribution in [0.25, 0.3) is 10.2 Å². The van der Waals surface area contributed by atoms with Crippen LogP contribution in [0.15, 0.2) is 33.6 Å². The van der Waals surface area contributed by atoms with Crippen LogP contribution in [-0.2, 0) is 0 Å². The van der Waals surface area contributed by atoms with E-state index < -0.39 is 0 Å². The quantitative estimate of drug-likeness (QED) is 0.743. The fraction of sp³-hybridized carbons (Fsp3) is 0.357. The zero-order valence-electron chi connectivity index (χ0n) is 10.9. The van der Waals surface area contributed by atoms with Crippen molar-refractivity contribution in [3.63, 3.8) is 0 Å². The Bertz CT molecular complexity index is 828. The summed E-state index contributed by atoms with van der Waals surface area (Å²) in [6.45, 7) is 1.92. The predicted octanol–water partition coefficient (Wildman–Crippen LogP) is 2.93. The van der Waals surface area contributed by atoms with Crippen LogP contribution in [0, 0.1) is 0 Å². The molecule has 0 aliphatic heterocycles. The predicted molar refractivity (Wildman–Crippen MR) is 76.2 cm³/mol. The maximum atomic E-state index is 12.2. The van der Waals surface area contributed by atoms with Crippen LogP contribution in [0.2, 0.25) is 0 Å². The molecule has 1 saturated carbocycles. The SMILES string of the molecule is C[C@H](c1nc(C2CC2)no1)n1c(=O)sc2ccccc21. The number of para-hydroxylation sites is 1. The lowest BCUT2D eigenvalue weighted by Gasteiger charge is -2.08. The van der Waals surface area contributed by atoms with Gasteiger partial charge in [0.05, 0.1) is 10.2 Å². The van der Waals surface area contributed by atoms with Crippen molar-refractivity contribution in [1.29, 1.82) is 0 Å². The minimum atomic E-state index is -0.237. The molecule has 0 bridgehead atoms. The molecule has 1 aliphatic rings. The Hall–Kier alpha value is -1.95. The first-order chi connectivity index (χ1) is 9.74. The number of rotatable bonds is 3. The number of thiazole rings is 1. The van der Waals surface area contributed by atoms with Crippen molar-refractivity contribution in [2.45, 2.75) is 31.7 Å². The maximum Gasteiger partial charge on any atom is 0.308 e. The van der Waals surface area contributed by atoms with Gasteiger partial charge in [0.2, 0.25) is 5.89 Å². The van der Waals surface area contributed by atoms with Gasteiger partial charge in [-0.05, 0) is 31.9 Å². The van der Waals surface area contributed by atoms with Crippen LogP contribution in [0.3, 0.4) is 0 Å². The second-order valence-corrected chi connectivity index (χ2v) is 6.14. The zero-order valence-corrected chi connectivity index (χ0v) is 11.8. The van der Waals surface area contributed by atoms with Crippen molar-refractivity contribution < 1.29 is 4.52 Å². The number of aromatic nitrogens is 3. The fourth-order valence-electron chi connectivity index (χ4n) is 2.39. The van der Waals surface area contributed by atoms with Gasteiger partial charge in [-0.25, -0.2) is 0 Å². The molecule has 2 aromatic heterocycles. The standard InChI is InChI=1S/C14H13N3O2S/c1-8(13-15-12(16-19-13)9-6-7-9)17-10-4-2-3-5-11(10)20-14(17)18/h2-5,8-9H,6-7H2,1H3/t8-/m1/s1. The van der Waals surface area contributed by atoms with E-state index in [1.807, 2.05) is 31.2 Å². The highest BCUT2D eigenvalue weighted by Crippen LogP contribution is 2.38. The largest absolute Gasteiger partial charge is 0.337 e. The van der Waals surface area contributed by atoms with E-state index >= 15 is 0 Å². The third-order valence-electron chi connectivity index (χ3n) is 3.66. The van der Waals surface area contributed by atoms with Gasteiger partial charge in [0.15, 0.2) is 5.82 Å². The van der Waals surface area contributed by atoms with Crippen molar-refractivity contribution >= 4 is 21.6 Å². The second-order valence-electron chi connectivity index (χ2n) is 5.15. The molecule has 0 saturated heterocycles. The van der Waals surface area contributed by atoms with Gasteiger partial charge in [0.1, 0.15) is 6.04 Å². The summed E-state index contributed by atoms with van der Waals surface area (Å²) < 4.78 is 8.04. The van der Waals surface area contributed by atoms with Crippen LogP contribution >= 0.6 is 11.3 Å². The van der Waals surface area contributed by atoms with Crippen LogP contribution in [-0.4, -0.2) is 14.7 Å². The van der Waals surface area contributed by atoms with Gasteiger partial charge in [-0.3, -0.25) is 9.36 Å². The Morgan fingerprint density at radius 3 is 3.00 bits per heavy atom. The van der Waals surface area contributed by atoms with E-state index in [-0.39, 0.29) is 10.9 Å². The van der Waals surface area contributed by atoms with Gasteiger partial charge in [-0.1, -0.05) is 28.6 Å². The van der Waals surface area contributed by atoms with E-state index in [2.05, 4.69) is 10.1 Å². The summed E-state index contributed by atoms with van der Waals surface area (Å²) in [4.78, 5) is 16.6. The molecule has 0 radical (unpaired) electrons. The molecule has 0 N–H and O–H groups in total. The molecule has 5 nitrogen and oxygen atoms in total. The third-order valence-corrected chi connectivity index (χ3v) is 4.60. The fourth-order valence-corrected chi connectivity index (χ4v) is 3.35. The van der Waals surface area contributed by atoms with E-state index in [0.29, 0.717) is 11.8 Å². The van der Waals surface area contributed by atoms with Crippen molar-refractivity contribution in [3.8, 4) is 0 Å². The molecule has 3 aromatic rings. The third kappa shape index (κ3) is 1.79. The van der Waals surface area contributed by atoms with Gasteiger partial charge in [0.25, 0.3) is 0 Å². The molecule has 102 valence electrons. The molecule has 0 unspecified atom stereocenters. The number of benzene rings is 1. The summed E-state index contributed by atoms with van der Waals surface area (Å²) in [5.74, 6) is 1.74. The molecule has 1 aromatic carbocycles. The van der Waals surface area contributed by atoms with Crippen LogP contribution in [0.1, 0.15) is 43.4 Å². The first-order valence-electron chi connectivity index (χ1n) is 6.67. The molecule has 0 spiro atoms. The van der Waals surface area contributed by atoms with Gasteiger partial charge in [0, 0.05) is 5.92 Å². The highest BCUT2D eigenvalue weighted by atomic mass is 32.1. The summed E-state index contributed by atoms with van der Waals surface area (Å²) >= 11 is 1.24. The molecule has 1 atom stereocenters. The zero-order chi connectivity index (χ0) is 13.7. The summed E-state index contributed by atoms with van der Waals surface area (Å²) in [6, 6.07) is 7.53. The topological polar surface area (TPSA) is 60.9 Å². The molecular formula is C14H13N3O2S. The monoisotopic (exact) mass is 287 g/mol. The lowest BCUT2D eigenvalue weighted by Crippen LogP contribution is -2.18. The van der Waals surface area contributed by atoms with E-state index in [0.717, 1.165) is 28.9 Å². The Kier molecular flexibility index (Phi) is 2.53. The molecule has 4 rings (SSSR count). The average Bonchev–Trinajstić information content (AvgIpc) is 3.08. The molecular weight excluding hydrogens is 274 g/mol. The first kappa shape index (κ1) is 11.8. The number of fused-ring (bicyclic) bond motifs is 1. The average molecular weight is 287 g/mol. The lowest BCUT2D eigenvalue weighted by atomic mass is 10.3. The number of nitrogens with zero attached hydrogens (tertiary/aromatic N) is 3. The van der Waals surface area contributed by atoms with E-state index in [4.69, 9.17) is 4.52 Å². The van der Waals surface area contributed by atoms with Gasteiger partial charge < -0.3 is 4.52 Å². The van der Waals surface area contributed by atoms with Crippen LogP contribution < -0.4 is 4.87 Å². The Morgan fingerprint density at radius 2 is 2.20 bits per heavy atom. The highest BCUT2D eigenvalue weighted by Gasteiger charge is 2.30. The van der Waals surface area contributed by atoms with E-state index in [9.17, 15) is 4.79 Å². The van der Waals surface area contributed by atoms with Crippen LogP contribution in [0.4, 0.5) is 0 Å². The minimum Gasteiger partial charge on any atom is -0.337 e.